The third-order valence-electron chi connectivity index (χ3n) is 8.22. The van der Waals surface area contributed by atoms with E-state index >= 15 is 0 Å². The molecule has 1 amide bonds. The molecule has 3 aromatic rings. The van der Waals surface area contributed by atoms with Gasteiger partial charge in [0.05, 0.1) is 22.0 Å². The zero-order chi connectivity index (χ0) is 31.4. The van der Waals surface area contributed by atoms with Crippen LogP contribution < -0.4 is 10.0 Å². The van der Waals surface area contributed by atoms with Gasteiger partial charge >= 0.3 is 5.97 Å². The molecule has 0 spiro atoms. The summed E-state index contributed by atoms with van der Waals surface area (Å²) in [6, 6.07) is 22.9. The van der Waals surface area contributed by atoms with Gasteiger partial charge < -0.3 is 15.5 Å². The molecule has 0 saturated heterocycles. The first-order valence-electron chi connectivity index (χ1n) is 14.7. The van der Waals surface area contributed by atoms with E-state index in [9.17, 15) is 28.2 Å². The van der Waals surface area contributed by atoms with Gasteiger partial charge in [-0.25, -0.2) is 13.1 Å². The SMILES string of the molecule is CC(C)(Cc1ccc(-c2ccc(S(=O)(=O)NC3CCC(C(=O)N[C@@H](c4ccccc4)C(C)(C)O)CC3)cc2)cc1)C(=O)O. The predicted octanol–water partition coefficient (Wildman–Crippen LogP) is 5.47. The van der Waals surface area contributed by atoms with Crippen LogP contribution >= 0.6 is 0 Å². The molecule has 0 aromatic heterocycles. The number of carbonyl (C=O) groups is 2. The normalized spacial score (nSPS) is 18.5. The molecule has 1 fully saturated rings. The zero-order valence-electron chi connectivity index (χ0n) is 25.2. The van der Waals surface area contributed by atoms with Gasteiger partial charge in [-0.1, -0.05) is 66.7 Å². The average molecular weight is 607 g/mol. The molecule has 0 heterocycles. The molecule has 1 saturated carbocycles. The largest absolute Gasteiger partial charge is 0.481 e. The Morgan fingerprint density at radius 1 is 0.837 bits per heavy atom. The van der Waals surface area contributed by atoms with E-state index in [-0.39, 0.29) is 22.8 Å². The number of sulfonamides is 1. The molecule has 0 unspecified atom stereocenters. The topological polar surface area (TPSA) is 133 Å². The van der Waals surface area contributed by atoms with Crippen molar-refractivity contribution in [1.29, 1.82) is 0 Å². The van der Waals surface area contributed by atoms with Crippen molar-refractivity contribution in [3.63, 3.8) is 0 Å². The summed E-state index contributed by atoms with van der Waals surface area (Å²) in [6.07, 6.45) is 2.58. The fourth-order valence-corrected chi connectivity index (χ4v) is 6.87. The highest BCUT2D eigenvalue weighted by Crippen LogP contribution is 2.30. The van der Waals surface area contributed by atoms with Crippen molar-refractivity contribution in [2.45, 2.75) is 82.4 Å². The minimum absolute atomic E-state index is 0.133. The molecule has 1 aliphatic carbocycles. The summed E-state index contributed by atoms with van der Waals surface area (Å²) in [7, 11) is -3.75. The maximum absolute atomic E-state index is 13.1. The van der Waals surface area contributed by atoms with Crippen molar-refractivity contribution >= 4 is 21.9 Å². The summed E-state index contributed by atoms with van der Waals surface area (Å²) in [5.41, 5.74) is 1.49. The van der Waals surface area contributed by atoms with E-state index in [0.717, 1.165) is 22.3 Å². The Balaban J connectivity index is 1.32. The molecule has 4 N–H and O–H groups in total. The molecule has 1 atom stereocenters. The molecule has 1 aliphatic rings. The van der Waals surface area contributed by atoms with Gasteiger partial charge in [-0.05, 0) is 94.2 Å². The van der Waals surface area contributed by atoms with Gasteiger partial charge in [-0.15, -0.1) is 0 Å². The highest BCUT2D eigenvalue weighted by atomic mass is 32.2. The number of amides is 1. The lowest BCUT2D eigenvalue weighted by Gasteiger charge is -2.34. The van der Waals surface area contributed by atoms with Crippen molar-refractivity contribution in [3.05, 3.63) is 90.0 Å². The Morgan fingerprint density at radius 3 is 1.88 bits per heavy atom. The molecule has 230 valence electrons. The van der Waals surface area contributed by atoms with E-state index in [1.54, 1.807) is 52.0 Å². The van der Waals surface area contributed by atoms with Crippen LogP contribution in [0.15, 0.2) is 83.8 Å². The van der Waals surface area contributed by atoms with Crippen molar-refractivity contribution < 1.29 is 28.2 Å². The second-order valence-electron chi connectivity index (χ2n) is 12.8. The van der Waals surface area contributed by atoms with Gasteiger partial charge in [0.1, 0.15) is 0 Å². The number of rotatable bonds is 11. The van der Waals surface area contributed by atoms with Gasteiger partial charge in [0.2, 0.25) is 15.9 Å². The van der Waals surface area contributed by atoms with Crippen molar-refractivity contribution in [3.8, 4) is 11.1 Å². The van der Waals surface area contributed by atoms with Crippen molar-refractivity contribution in [2.24, 2.45) is 11.3 Å². The third-order valence-corrected chi connectivity index (χ3v) is 9.76. The molecule has 3 aromatic carbocycles. The molecule has 9 heteroatoms. The van der Waals surface area contributed by atoms with Gasteiger partial charge in [0.25, 0.3) is 0 Å². The standard InChI is InChI=1S/C34H42N2O6S/c1-33(2,32(38)39)22-23-10-12-24(13-11-23)25-16-20-29(21-17-25)43(41,42)36-28-18-14-27(15-19-28)31(37)35-30(34(3,4)40)26-8-6-5-7-9-26/h5-13,16-17,20-21,27-28,30,36,40H,14-15,18-19,22H2,1-4H3,(H,35,37)(H,38,39)/t27?,28?,30-/m0/s1. The van der Waals surface area contributed by atoms with Gasteiger partial charge in [0, 0.05) is 12.0 Å². The second kappa shape index (κ2) is 13.0. The summed E-state index contributed by atoms with van der Waals surface area (Å²) < 4.78 is 29.1. The number of carboxylic acid groups (broad SMARTS) is 1. The maximum Gasteiger partial charge on any atom is 0.309 e. The van der Waals surface area contributed by atoms with Gasteiger partial charge in [-0.2, -0.15) is 0 Å². The van der Waals surface area contributed by atoms with E-state index in [0.29, 0.717) is 32.1 Å². The number of carboxylic acids is 1. The van der Waals surface area contributed by atoms with Crippen LogP contribution in [0, 0.1) is 11.3 Å². The molecule has 4 rings (SSSR count). The Hall–Kier alpha value is -3.53. The second-order valence-corrected chi connectivity index (χ2v) is 14.5. The van der Waals surface area contributed by atoms with Crippen LogP contribution in [0.3, 0.4) is 0 Å². The highest BCUT2D eigenvalue weighted by molar-refractivity contribution is 7.89. The van der Waals surface area contributed by atoms with Crippen LogP contribution in [0.25, 0.3) is 11.1 Å². The minimum atomic E-state index is -3.75. The van der Waals surface area contributed by atoms with Crippen LogP contribution in [0.5, 0.6) is 0 Å². The molecule has 0 aliphatic heterocycles. The third kappa shape index (κ3) is 8.31. The summed E-state index contributed by atoms with van der Waals surface area (Å²) in [4.78, 5) is 24.7. The van der Waals surface area contributed by atoms with Crippen LogP contribution in [-0.4, -0.2) is 42.2 Å². The molecule has 0 bridgehead atoms. The Bertz CT molecular complexity index is 1500. The summed E-state index contributed by atoms with van der Waals surface area (Å²) in [6.45, 7) is 6.73. The van der Waals surface area contributed by atoms with Crippen molar-refractivity contribution in [2.75, 3.05) is 0 Å². The average Bonchev–Trinajstić information content (AvgIpc) is 2.96. The molecule has 0 radical (unpaired) electrons. The number of nitrogens with one attached hydrogen (secondary N) is 2. The fourth-order valence-electron chi connectivity index (χ4n) is 5.56. The van der Waals surface area contributed by atoms with E-state index in [1.807, 2.05) is 54.6 Å². The van der Waals surface area contributed by atoms with Crippen LogP contribution in [0.2, 0.25) is 0 Å². The Morgan fingerprint density at radius 2 is 1.37 bits per heavy atom. The fraction of sp³-hybridized carbons (Fsp3) is 0.412. The Labute approximate surface area is 254 Å². The van der Waals surface area contributed by atoms with Gasteiger partial charge in [-0.3, -0.25) is 9.59 Å². The van der Waals surface area contributed by atoms with E-state index < -0.39 is 33.1 Å². The lowest BCUT2D eigenvalue weighted by atomic mass is 9.84. The number of carbonyl (C=O) groups excluding carboxylic acids is 1. The minimum Gasteiger partial charge on any atom is -0.481 e. The summed E-state index contributed by atoms with van der Waals surface area (Å²) in [5.74, 6) is -1.23. The number of aliphatic hydroxyl groups is 1. The Kier molecular flexibility index (Phi) is 9.79. The summed E-state index contributed by atoms with van der Waals surface area (Å²) in [5, 5.41) is 23.1. The van der Waals surface area contributed by atoms with E-state index in [4.69, 9.17) is 0 Å². The molecule has 43 heavy (non-hydrogen) atoms. The molecule has 8 nitrogen and oxygen atoms in total. The monoisotopic (exact) mass is 606 g/mol. The number of hydrogen-bond donors (Lipinski definition) is 4. The number of hydrogen-bond acceptors (Lipinski definition) is 5. The first kappa shape index (κ1) is 32.4. The first-order valence-corrected chi connectivity index (χ1v) is 16.2. The van der Waals surface area contributed by atoms with Crippen molar-refractivity contribution in [1.82, 2.24) is 10.0 Å². The van der Waals surface area contributed by atoms with Crippen LogP contribution in [0.4, 0.5) is 0 Å². The lowest BCUT2D eigenvalue weighted by molar-refractivity contribution is -0.146. The number of benzene rings is 3. The molecular weight excluding hydrogens is 564 g/mol. The zero-order valence-corrected chi connectivity index (χ0v) is 26.0. The van der Waals surface area contributed by atoms with Gasteiger partial charge in [0.15, 0.2) is 0 Å². The molecular formula is C34H42N2O6S. The predicted molar refractivity (Wildman–Crippen MR) is 167 cm³/mol. The quantitative estimate of drug-likeness (QED) is 0.229. The van der Waals surface area contributed by atoms with E-state index in [1.165, 1.54) is 0 Å². The first-order chi connectivity index (χ1) is 20.2. The lowest BCUT2D eigenvalue weighted by Crippen LogP contribution is -2.46. The smallest absolute Gasteiger partial charge is 0.309 e. The summed E-state index contributed by atoms with van der Waals surface area (Å²) >= 11 is 0. The highest BCUT2D eigenvalue weighted by Gasteiger charge is 2.34. The van der Waals surface area contributed by atoms with E-state index in [2.05, 4.69) is 10.0 Å². The van der Waals surface area contributed by atoms with Crippen LogP contribution in [-0.2, 0) is 26.0 Å². The number of aliphatic carboxylic acids is 1. The maximum atomic E-state index is 13.1. The van der Waals surface area contributed by atoms with Crippen LogP contribution in [0.1, 0.15) is 70.5 Å².